The van der Waals surface area contributed by atoms with E-state index in [0.717, 1.165) is 0 Å². The molecule has 2 unspecified atom stereocenters. The Balaban J connectivity index is 2.67. The summed E-state index contributed by atoms with van der Waals surface area (Å²) in [6.45, 7) is 3.56. The fourth-order valence-corrected chi connectivity index (χ4v) is 1.66. The zero-order chi connectivity index (χ0) is 16.0. The van der Waals surface area contributed by atoms with E-state index >= 15 is 0 Å². The molecule has 0 aliphatic rings. The Morgan fingerprint density at radius 2 is 1.90 bits per heavy atom. The Morgan fingerprint density at radius 1 is 1.33 bits per heavy atom. The van der Waals surface area contributed by atoms with Crippen LogP contribution in [0.3, 0.4) is 0 Å². The number of carbonyl (C=O) groups excluding carboxylic acids is 1. The third-order valence-corrected chi connectivity index (χ3v) is 3.10. The highest BCUT2D eigenvalue weighted by Crippen LogP contribution is 2.15. The zero-order valence-corrected chi connectivity index (χ0v) is 11.7. The van der Waals surface area contributed by atoms with E-state index in [1.807, 2.05) is 6.92 Å². The maximum Gasteiger partial charge on any atom is 0.326 e. The quantitative estimate of drug-likeness (QED) is 0.548. The molecule has 8 nitrogen and oxygen atoms in total. The Morgan fingerprint density at radius 3 is 2.33 bits per heavy atom. The van der Waals surface area contributed by atoms with Gasteiger partial charge in [-0.05, 0) is 18.1 Å². The van der Waals surface area contributed by atoms with Crippen molar-refractivity contribution in [3.05, 3.63) is 34.4 Å². The Bertz CT molecular complexity index is 529. The number of anilines is 1. The van der Waals surface area contributed by atoms with Gasteiger partial charge >= 0.3 is 12.0 Å². The van der Waals surface area contributed by atoms with Gasteiger partial charge in [0.1, 0.15) is 6.04 Å². The molecule has 0 aromatic heterocycles. The average Bonchev–Trinajstić information content (AvgIpc) is 2.44. The third kappa shape index (κ3) is 4.75. The molecule has 0 spiro atoms. The van der Waals surface area contributed by atoms with Crippen molar-refractivity contribution in [3.8, 4) is 0 Å². The summed E-state index contributed by atoms with van der Waals surface area (Å²) in [6.07, 6.45) is 0.606. The number of hydrogen-bond donors (Lipinski definition) is 3. The summed E-state index contributed by atoms with van der Waals surface area (Å²) in [5, 5.41) is 24.4. The van der Waals surface area contributed by atoms with Gasteiger partial charge in [0.15, 0.2) is 0 Å². The van der Waals surface area contributed by atoms with Crippen LogP contribution in [0, 0.1) is 16.0 Å². The molecule has 0 radical (unpaired) electrons. The van der Waals surface area contributed by atoms with Gasteiger partial charge < -0.3 is 15.7 Å². The van der Waals surface area contributed by atoms with Crippen molar-refractivity contribution in [2.24, 2.45) is 5.92 Å². The van der Waals surface area contributed by atoms with Crippen molar-refractivity contribution in [3.63, 3.8) is 0 Å². The standard InChI is InChI=1S/C13H17N3O5/c1-3-8(2)11(12(17)18)15-13(19)14-9-4-6-10(7-5-9)16(20)21/h4-8,11H,3H2,1-2H3,(H,17,18)(H2,14,15,19). The molecule has 2 atom stereocenters. The molecular weight excluding hydrogens is 278 g/mol. The molecule has 0 bridgehead atoms. The lowest BCUT2D eigenvalue weighted by molar-refractivity contribution is -0.384. The van der Waals surface area contributed by atoms with Crippen molar-refractivity contribution in [2.75, 3.05) is 5.32 Å². The molecule has 1 rings (SSSR count). The molecule has 0 heterocycles. The first-order valence-electron chi connectivity index (χ1n) is 6.40. The molecule has 0 fully saturated rings. The lowest BCUT2D eigenvalue weighted by Gasteiger charge is -2.20. The number of nitrogens with one attached hydrogen (secondary N) is 2. The average molecular weight is 295 g/mol. The van der Waals surface area contributed by atoms with Gasteiger partial charge in [-0.15, -0.1) is 0 Å². The molecule has 0 aliphatic carbocycles. The number of aliphatic carboxylic acids is 1. The van der Waals surface area contributed by atoms with Crippen LogP contribution in [0.25, 0.3) is 0 Å². The first-order valence-corrected chi connectivity index (χ1v) is 6.40. The fraction of sp³-hybridized carbons (Fsp3) is 0.385. The first kappa shape index (κ1) is 16.4. The number of amides is 2. The van der Waals surface area contributed by atoms with Crippen molar-refractivity contribution >= 4 is 23.4 Å². The molecule has 2 amide bonds. The number of nitro benzene ring substituents is 1. The van der Waals surface area contributed by atoms with E-state index in [9.17, 15) is 19.7 Å². The Kier molecular flexibility index (Phi) is 5.65. The normalized spacial score (nSPS) is 13.0. The van der Waals surface area contributed by atoms with E-state index in [1.165, 1.54) is 24.3 Å². The SMILES string of the molecule is CCC(C)C(NC(=O)Nc1ccc([N+](=O)[O-])cc1)C(=O)O. The number of non-ortho nitro benzene ring substituents is 1. The Hall–Kier alpha value is -2.64. The predicted octanol–water partition coefficient (Wildman–Crippen LogP) is 2.22. The van der Waals surface area contributed by atoms with Crippen LogP contribution in [0.5, 0.6) is 0 Å². The fourth-order valence-electron chi connectivity index (χ4n) is 1.66. The highest BCUT2D eigenvalue weighted by Gasteiger charge is 2.25. The minimum Gasteiger partial charge on any atom is -0.480 e. The van der Waals surface area contributed by atoms with Crippen LogP contribution in [-0.2, 0) is 4.79 Å². The first-order chi connectivity index (χ1) is 9.85. The highest BCUT2D eigenvalue weighted by molar-refractivity contribution is 5.92. The van der Waals surface area contributed by atoms with E-state index < -0.39 is 23.0 Å². The van der Waals surface area contributed by atoms with Crippen molar-refractivity contribution in [2.45, 2.75) is 26.3 Å². The molecule has 1 aromatic carbocycles. The number of urea groups is 1. The Labute approximate surface area is 121 Å². The summed E-state index contributed by atoms with van der Waals surface area (Å²) in [5.74, 6) is -1.33. The highest BCUT2D eigenvalue weighted by atomic mass is 16.6. The number of hydrogen-bond acceptors (Lipinski definition) is 4. The molecule has 114 valence electrons. The van der Waals surface area contributed by atoms with Crippen molar-refractivity contribution < 1.29 is 19.6 Å². The topological polar surface area (TPSA) is 122 Å². The zero-order valence-electron chi connectivity index (χ0n) is 11.7. The summed E-state index contributed by atoms with van der Waals surface area (Å²) < 4.78 is 0. The van der Waals surface area contributed by atoms with Gasteiger partial charge in [0.25, 0.3) is 5.69 Å². The third-order valence-electron chi connectivity index (χ3n) is 3.10. The number of nitrogens with zero attached hydrogens (tertiary/aromatic N) is 1. The monoisotopic (exact) mass is 295 g/mol. The molecule has 3 N–H and O–H groups in total. The molecule has 0 aliphatic heterocycles. The second-order valence-electron chi connectivity index (χ2n) is 4.60. The summed E-state index contributed by atoms with van der Waals surface area (Å²) in [6, 6.07) is 3.58. The maximum atomic E-state index is 11.7. The second-order valence-corrected chi connectivity index (χ2v) is 4.60. The number of carboxylic acids is 1. The van der Waals surface area contributed by atoms with E-state index in [-0.39, 0.29) is 11.6 Å². The van der Waals surface area contributed by atoms with Crippen LogP contribution in [0.2, 0.25) is 0 Å². The lowest BCUT2D eigenvalue weighted by atomic mass is 9.99. The van der Waals surface area contributed by atoms with Crippen molar-refractivity contribution in [1.29, 1.82) is 0 Å². The second kappa shape index (κ2) is 7.22. The molecule has 1 aromatic rings. The molecule has 8 heteroatoms. The van der Waals surface area contributed by atoms with Crippen LogP contribution < -0.4 is 10.6 Å². The van der Waals surface area contributed by atoms with E-state index in [0.29, 0.717) is 12.1 Å². The number of nitro groups is 1. The lowest BCUT2D eigenvalue weighted by Crippen LogP contribution is -2.46. The van der Waals surface area contributed by atoms with E-state index in [4.69, 9.17) is 5.11 Å². The van der Waals surface area contributed by atoms with Gasteiger partial charge in [-0.3, -0.25) is 10.1 Å². The smallest absolute Gasteiger partial charge is 0.326 e. The summed E-state index contributed by atoms with van der Waals surface area (Å²) in [4.78, 5) is 32.8. The van der Waals surface area contributed by atoms with Crippen LogP contribution >= 0.6 is 0 Å². The minimum absolute atomic E-state index is 0.0935. The van der Waals surface area contributed by atoms with Gasteiger partial charge in [0, 0.05) is 17.8 Å². The van der Waals surface area contributed by atoms with Gasteiger partial charge in [0.05, 0.1) is 4.92 Å². The van der Waals surface area contributed by atoms with Gasteiger partial charge in [-0.1, -0.05) is 20.3 Å². The van der Waals surface area contributed by atoms with Gasteiger partial charge in [-0.2, -0.15) is 0 Å². The number of rotatable bonds is 6. The maximum absolute atomic E-state index is 11.7. The van der Waals surface area contributed by atoms with E-state index in [1.54, 1.807) is 6.92 Å². The predicted molar refractivity (Wildman–Crippen MR) is 76.1 cm³/mol. The number of benzene rings is 1. The van der Waals surface area contributed by atoms with E-state index in [2.05, 4.69) is 10.6 Å². The van der Waals surface area contributed by atoms with Gasteiger partial charge in [-0.25, -0.2) is 9.59 Å². The number of carboxylic acid groups (broad SMARTS) is 1. The van der Waals surface area contributed by atoms with Crippen LogP contribution in [0.1, 0.15) is 20.3 Å². The molecule has 0 saturated heterocycles. The van der Waals surface area contributed by atoms with Gasteiger partial charge in [0.2, 0.25) is 0 Å². The molecule has 0 saturated carbocycles. The summed E-state index contributed by atoms with van der Waals surface area (Å²) in [5.41, 5.74) is 0.246. The van der Waals surface area contributed by atoms with Crippen LogP contribution in [0.15, 0.2) is 24.3 Å². The van der Waals surface area contributed by atoms with Crippen molar-refractivity contribution in [1.82, 2.24) is 5.32 Å². The number of carbonyl (C=O) groups is 2. The van der Waals surface area contributed by atoms with Crippen LogP contribution in [0.4, 0.5) is 16.2 Å². The summed E-state index contributed by atoms with van der Waals surface area (Å²) in [7, 11) is 0. The summed E-state index contributed by atoms with van der Waals surface area (Å²) >= 11 is 0. The molecule has 21 heavy (non-hydrogen) atoms. The van der Waals surface area contributed by atoms with Crippen LogP contribution in [-0.4, -0.2) is 28.1 Å². The molecular formula is C13H17N3O5. The minimum atomic E-state index is -1.11. The largest absolute Gasteiger partial charge is 0.480 e.